The fourth-order valence-electron chi connectivity index (χ4n) is 1.45. The largest absolute Gasteiger partial charge is 0.493 e. The third-order valence-electron chi connectivity index (χ3n) is 2.82. The molecule has 1 aromatic rings. The topological polar surface area (TPSA) is 110 Å². The number of carbonyl (C=O) groups is 3. The summed E-state index contributed by atoms with van der Waals surface area (Å²) in [5.74, 6) is -1.80. The van der Waals surface area contributed by atoms with Crippen LogP contribution in [0, 0.1) is 0 Å². The van der Waals surface area contributed by atoms with Crippen LogP contribution in [0.1, 0.15) is 12.8 Å². The average Bonchev–Trinajstić information content (AvgIpc) is 2.61. The van der Waals surface area contributed by atoms with Crippen LogP contribution >= 0.6 is 0 Å². The van der Waals surface area contributed by atoms with E-state index in [-0.39, 0.29) is 17.6 Å². The van der Waals surface area contributed by atoms with E-state index in [9.17, 15) is 14.4 Å². The van der Waals surface area contributed by atoms with Gasteiger partial charge in [-0.05, 0) is 18.6 Å². The molecule has 0 unspecified atom stereocenters. The maximum absolute atomic E-state index is 10.7. The van der Waals surface area contributed by atoms with Gasteiger partial charge in [-0.2, -0.15) is 0 Å². The molecule has 1 rings (SSSR count). The second-order valence-corrected chi connectivity index (χ2v) is 4.86. The molecule has 0 spiro atoms. The van der Waals surface area contributed by atoms with E-state index in [1.165, 1.54) is 13.2 Å². The van der Waals surface area contributed by atoms with E-state index in [2.05, 4.69) is 17.9 Å². The molecule has 140 valence electrons. The highest BCUT2D eigenvalue weighted by Gasteiger charge is 2.04. The minimum atomic E-state index is -1.05. The van der Waals surface area contributed by atoms with Crippen molar-refractivity contribution in [3.05, 3.63) is 66.8 Å². The molecule has 0 radical (unpaired) electrons. The van der Waals surface area contributed by atoms with Crippen molar-refractivity contribution in [3.8, 4) is 5.75 Å². The first-order valence-corrected chi connectivity index (χ1v) is 7.52. The molecule has 0 heterocycles. The Kier molecular flexibility index (Phi) is 11.3. The predicted octanol–water partition coefficient (Wildman–Crippen LogP) is 2.84. The SMILES string of the molecule is C=C(CC=CC(=O)O)C(=O)OC.C=C(CCOc1ccccc1)C(=O)O. The van der Waals surface area contributed by atoms with E-state index in [1.807, 2.05) is 30.3 Å². The van der Waals surface area contributed by atoms with Gasteiger partial charge in [0.1, 0.15) is 5.75 Å². The van der Waals surface area contributed by atoms with Crippen molar-refractivity contribution in [3.63, 3.8) is 0 Å². The highest BCUT2D eigenvalue weighted by atomic mass is 16.5. The molecule has 0 bridgehead atoms. The van der Waals surface area contributed by atoms with Crippen molar-refractivity contribution in [1.82, 2.24) is 0 Å². The third kappa shape index (κ3) is 11.2. The van der Waals surface area contributed by atoms with Crippen molar-refractivity contribution in [2.75, 3.05) is 13.7 Å². The Hall–Kier alpha value is -3.35. The van der Waals surface area contributed by atoms with Crippen molar-refractivity contribution in [2.24, 2.45) is 0 Å². The van der Waals surface area contributed by atoms with E-state index in [4.69, 9.17) is 14.9 Å². The number of benzene rings is 1. The summed E-state index contributed by atoms with van der Waals surface area (Å²) in [5.41, 5.74) is 0.399. The van der Waals surface area contributed by atoms with Crippen LogP contribution in [0.4, 0.5) is 0 Å². The van der Waals surface area contributed by atoms with Gasteiger partial charge in [-0.25, -0.2) is 14.4 Å². The summed E-state index contributed by atoms with van der Waals surface area (Å²) in [7, 11) is 1.24. The molecule has 26 heavy (non-hydrogen) atoms. The number of methoxy groups -OCH3 is 1. The molecule has 0 saturated carbocycles. The van der Waals surface area contributed by atoms with E-state index in [0.29, 0.717) is 13.0 Å². The Bertz CT molecular complexity index is 660. The van der Waals surface area contributed by atoms with Crippen LogP contribution in [-0.4, -0.2) is 41.8 Å². The zero-order chi connectivity index (χ0) is 19.9. The minimum Gasteiger partial charge on any atom is -0.493 e. The fraction of sp³-hybridized carbons (Fsp3) is 0.211. The monoisotopic (exact) mass is 362 g/mol. The molecule has 0 fully saturated rings. The van der Waals surface area contributed by atoms with Crippen molar-refractivity contribution in [1.29, 1.82) is 0 Å². The Labute approximate surface area is 151 Å². The summed E-state index contributed by atoms with van der Waals surface area (Å²) in [6.07, 6.45) is 2.82. The number of carboxylic acid groups (broad SMARTS) is 2. The van der Waals surface area contributed by atoms with Gasteiger partial charge < -0.3 is 19.7 Å². The summed E-state index contributed by atoms with van der Waals surface area (Å²) in [5, 5.41) is 16.7. The molecule has 0 aliphatic rings. The molecule has 0 saturated heterocycles. The number of allylic oxidation sites excluding steroid dienone is 1. The fourth-order valence-corrected chi connectivity index (χ4v) is 1.45. The number of ether oxygens (including phenoxy) is 2. The second kappa shape index (κ2) is 13.0. The van der Waals surface area contributed by atoms with Crippen LogP contribution < -0.4 is 4.74 Å². The van der Waals surface area contributed by atoms with Crippen molar-refractivity contribution >= 4 is 17.9 Å². The van der Waals surface area contributed by atoms with Gasteiger partial charge in [0.15, 0.2) is 0 Å². The Morgan fingerprint density at radius 1 is 1.08 bits per heavy atom. The summed E-state index contributed by atoms with van der Waals surface area (Å²) in [6.45, 7) is 7.15. The Morgan fingerprint density at radius 3 is 2.19 bits per heavy atom. The zero-order valence-electron chi connectivity index (χ0n) is 14.5. The Balaban J connectivity index is 0.000000488. The number of rotatable bonds is 9. The summed E-state index contributed by atoms with van der Waals surface area (Å²) in [6, 6.07) is 9.26. The average molecular weight is 362 g/mol. The summed E-state index contributed by atoms with van der Waals surface area (Å²) in [4.78, 5) is 31.1. The predicted molar refractivity (Wildman–Crippen MR) is 95.9 cm³/mol. The molecule has 0 aromatic heterocycles. The lowest BCUT2D eigenvalue weighted by atomic mass is 10.2. The maximum atomic E-state index is 10.7. The van der Waals surface area contributed by atoms with Gasteiger partial charge in [0.25, 0.3) is 0 Å². The molecule has 0 amide bonds. The zero-order valence-corrected chi connectivity index (χ0v) is 14.5. The van der Waals surface area contributed by atoms with Crippen LogP contribution in [0.2, 0.25) is 0 Å². The van der Waals surface area contributed by atoms with Gasteiger partial charge in [-0.1, -0.05) is 37.4 Å². The molecule has 7 nitrogen and oxygen atoms in total. The quantitative estimate of drug-likeness (QED) is 0.513. The van der Waals surface area contributed by atoms with E-state index >= 15 is 0 Å². The summed E-state index contributed by atoms with van der Waals surface area (Å²) >= 11 is 0. The molecule has 0 aliphatic heterocycles. The molecule has 0 atom stereocenters. The van der Waals surface area contributed by atoms with Crippen molar-refractivity contribution < 1.29 is 34.1 Å². The van der Waals surface area contributed by atoms with Crippen LogP contribution in [-0.2, 0) is 19.1 Å². The number of para-hydroxylation sites is 1. The third-order valence-corrected chi connectivity index (χ3v) is 2.82. The smallest absolute Gasteiger partial charge is 0.333 e. The highest BCUT2D eigenvalue weighted by molar-refractivity contribution is 5.88. The highest BCUT2D eigenvalue weighted by Crippen LogP contribution is 2.09. The van der Waals surface area contributed by atoms with Gasteiger partial charge in [0.05, 0.1) is 13.7 Å². The van der Waals surface area contributed by atoms with Gasteiger partial charge >= 0.3 is 17.9 Å². The number of esters is 1. The first kappa shape index (κ1) is 22.6. The number of carbonyl (C=O) groups excluding carboxylic acids is 1. The lowest BCUT2D eigenvalue weighted by Crippen LogP contribution is -2.05. The molecular formula is C19H22O7. The summed E-state index contributed by atoms with van der Waals surface area (Å²) < 4.78 is 9.65. The lowest BCUT2D eigenvalue weighted by Gasteiger charge is -2.04. The van der Waals surface area contributed by atoms with Crippen LogP contribution in [0.15, 0.2) is 66.8 Å². The number of aliphatic carboxylic acids is 2. The maximum Gasteiger partial charge on any atom is 0.333 e. The van der Waals surface area contributed by atoms with Crippen LogP contribution in [0.3, 0.4) is 0 Å². The normalized spacial score (nSPS) is 9.58. The number of hydrogen-bond acceptors (Lipinski definition) is 5. The molecule has 7 heteroatoms. The van der Waals surface area contributed by atoms with E-state index in [0.717, 1.165) is 11.8 Å². The second-order valence-electron chi connectivity index (χ2n) is 4.86. The Morgan fingerprint density at radius 2 is 1.69 bits per heavy atom. The number of hydrogen-bond donors (Lipinski definition) is 2. The van der Waals surface area contributed by atoms with Gasteiger partial charge in [0, 0.05) is 23.6 Å². The van der Waals surface area contributed by atoms with E-state index in [1.54, 1.807) is 0 Å². The first-order chi connectivity index (χ1) is 12.3. The standard InChI is InChI=1S/C11H12O3.C8H10O4/c1-9(11(12)13)7-8-14-10-5-3-2-4-6-10;1-6(8(11)12-2)4-3-5-7(9)10/h2-6H,1,7-8H2,(H,12,13);3,5H,1,4H2,2H3,(H,9,10). The van der Waals surface area contributed by atoms with Crippen LogP contribution in [0.25, 0.3) is 0 Å². The van der Waals surface area contributed by atoms with E-state index < -0.39 is 17.9 Å². The molecular weight excluding hydrogens is 340 g/mol. The first-order valence-electron chi connectivity index (χ1n) is 7.52. The van der Waals surface area contributed by atoms with Gasteiger partial charge in [-0.3, -0.25) is 0 Å². The van der Waals surface area contributed by atoms with Gasteiger partial charge in [-0.15, -0.1) is 0 Å². The van der Waals surface area contributed by atoms with Crippen molar-refractivity contribution in [2.45, 2.75) is 12.8 Å². The minimum absolute atomic E-state index is 0.168. The van der Waals surface area contributed by atoms with Gasteiger partial charge in [0.2, 0.25) is 0 Å². The lowest BCUT2D eigenvalue weighted by molar-refractivity contribution is -0.136. The van der Waals surface area contributed by atoms with Crippen LogP contribution in [0.5, 0.6) is 5.75 Å². The molecule has 0 aliphatic carbocycles. The molecule has 2 N–H and O–H groups in total. The molecule has 1 aromatic carbocycles. The number of carboxylic acids is 2.